The van der Waals surface area contributed by atoms with E-state index < -0.39 is 0 Å². The number of pyridine rings is 1. The van der Waals surface area contributed by atoms with E-state index in [1.807, 2.05) is 13.0 Å². The topological polar surface area (TPSA) is 45.2 Å². The molecule has 2 unspecified atom stereocenters. The second-order valence-electron chi connectivity index (χ2n) is 6.54. The number of amides is 1. The second-order valence-corrected chi connectivity index (χ2v) is 7.49. The number of nitrogens with zero attached hydrogens (tertiary/aromatic N) is 2. The maximum Gasteiger partial charge on any atom is 0.270 e. The summed E-state index contributed by atoms with van der Waals surface area (Å²) in [6, 6.07) is 4.69. The zero-order valence-electron chi connectivity index (χ0n) is 13.0. The number of fused-ring (bicyclic) bond motifs is 4. The third-order valence-electron chi connectivity index (χ3n) is 5.35. The van der Waals surface area contributed by atoms with Gasteiger partial charge in [0.15, 0.2) is 0 Å². The lowest BCUT2D eigenvalue weighted by Gasteiger charge is -2.49. The summed E-state index contributed by atoms with van der Waals surface area (Å²) in [5.41, 5.74) is 1.49. The zero-order valence-corrected chi connectivity index (χ0v) is 13.8. The predicted octanol–water partition coefficient (Wildman–Crippen LogP) is 2.82. The van der Waals surface area contributed by atoms with E-state index in [0.29, 0.717) is 17.7 Å². The molecule has 116 valence electrons. The highest BCUT2D eigenvalue weighted by Crippen LogP contribution is 2.32. The number of hydrogen-bond donors (Lipinski definition) is 1. The van der Waals surface area contributed by atoms with Crippen molar-refractivity contribution in [1.29, 1.82) is 0 Å². The second kappa shape index (κ2) is 5.32. The van der Waals surface area contributed by atoms with Crippen molar-refractivity contribution in [3.63, 3.8) is 0 Å². The predicted molar refractivity (Wildman–Crippen MR) is 89.4 cm³/mol. The van der Waals surface area contributed by atoms with Crippen molar-refractivity contribution in [2.45, 2.75) is 38.8 Å². The molecule has 0 aliphatic carbocycles. The molecule has 0 spiro atoms. The first-order valence-corrected chi connectivity index (χ1v) is 8.91. The van der Waals surface area contributed by atoms with Crippen LogP contribution in [0.2, 0.25) is 0 Å². The van der Waals surface area contributed by atoms with Gasteiger partial charge in [0.25, 0.3) is 5.91 Å². The fraction of sp³-hybridized carbons (Fsp3) is 0.529. The third kappa shape index (κ3) is 2.23. The molecule has 5 rings (SSSR count). The number of aromatic nitrogens is 1. The van der Waals surface area contributed by atoms with Crippen molar-refractivity contribution in [2.75, 3.05) is 13.1 Å². The SMILES string of the molecule is Cc1nc(C(=O)NC2C3CCN(CC3)C2C)cc2sccc12. The first-order valence-electron chi connectivity index (χ1n) is 8.03. The first-order chi connectivity index (χ1) is 10.6. The molecule has 5 heterocycles. The Kier molecular flexibility index (Phi) is 3.42. The number of aryl methyl sites for hydroxylation is 1. The minimum absolute atomic E-state index is 0.0241. The number of thiophene rings is 1. The van der Waals surface area contributed by atoms with Crippen LogP contribution in [0, 0.1) is 12.8 Å². The Hall–Kier alpha value is -1.46. The normalized spacial score (nSPS) is 30.6. The van der Waals surface area contributed by atoms with Gasteiger partial charge >= 0.3 is 0 Å². The van der Waals surface area contributed by atoms with Crippen LogP contribution in [-0.4, -0.2) is 41.0 Å². The van der Waals surface area contributed by atoms with E-state index in [4.69, 9.17) is 0 Å². The molecule has 2 bridgehead atoms. The molecule has 3 aliphatic heterocycles. The highest BCUT2D eigenvalue weighted by molar-refractivity contribution is 7.17. The summed E-state index contributed by atoms with van der Waals surface area (Å²) in [5.74, 6) is 0.597. The Morgan fingerprint density at radius 3 is 2.91 bits per heavy atom. The molecule has 4 nitrogen and oxygen atoms in total. The average Bonchev–Trinajstić information content (AvgIpc) is 3.00. The number of hydrogen-bond acceptors (Lipinski definition) is 4. The van der Waals surface area contributed by atoms with Gasteiger partial charge in [0.05, 0.1) is 0 Å². The van der Waals surface area contributed by atoms with Gasteiger partial charge in [-0.15, -0.1) is 11.3 Å². The Morgan fingerprint density at radius 1 is 1.41 bits per heavy atom. The summed E-state index contributed by atoms with van der Waals surface area (Å²) in [6.07, 6.45) is 2.40. The quantitative estimate of drug-likeness (QED) is 0.927. The molecule has 2 atom stereocenters. The fourth-order valence-electron chi connectivity index (χ4n) is 4.02. The molecular weight excluding hydrogens is 294 g/mol. The van der Waals surface area contributed by atoms with Crippen LogP contribution in [0.4, 0.5) is 0 Å². The van der Waals surface area contributed by atoms with E-state index >= 15 is 0 Å². The van der Waals surface area contributed by atoms with Crippen molar-refractivity contribution in [1.82, 2.24) is 15.2 Å². The van der Waals surface area contributed by atoms with Crippen LogP contribution < -0.4 is 5.32 Å². The summed E-state index contributed by atoms with van der Waals surface area (Å²) in [4.78, 5) is 19.7. The van der Waals surface area contributed by atoms with E-state index in [2.05, 4.69) is 33.6 Å². The largest absolute Gasteiger partial charge is 0.346 e. The molecule has 2 aromatic rings. The van der Waals surface area contributed by atoms with Gasteiger partial charge < -0.3 is 5.32 Å². The van der Waals surface area contributed by atoms with Crippen LogP contribution in [0.3, 0.4) is 0 Å². The molecule has 0 saturated carbocycles. The molecule has 1 N–H and O–H groups in total. The van der Waals surface area contributed by atoms with Crippen molar-refractivity contribution in [2.24, 2.45) is 5.92 Å². The van der Waals surface area contributed by atoms with Crippen LogP contribution in [0.1, 0.15) is 35.9 Å². The van der Waals surface area contributed by atoms with E-state index in [9.17, 15) is 4.79 Å². The number of piperidine rings is 3. The minimum atomic E-state index is -0.0241. The first kappa shape index (κ1) is 14.2. The van der Waals surface area contributed by atoms with Crippen LogP contribution >= 0.6 is 11.3 Å². The van der Waals surface area contributed by atoms with Gasteiger partial charge in [0, 0.05) is 27.9 Å². The lowest BCUT2D eigenvalue weighted by molar-refractivity contribution is 0.0216. The summed E-state index contributed by atoms with van der Waals surface area (Å²) in [6.45, 7) is 6.56. The maximum absolute atomic E-state index is 12.7. The highest BCUT2D eigenvalue weighted by Gasteiger charge is 2.40. The Balaban J connectivity index is 1.58. The van der Waals surface area contributed by atoms with Gasteiger partial charge in [-0.2, -0.15) is 0 Å². The number of carbonyl (C=O) groups excluding carboxylic acids is 1. The molecule has 0 radical (unpaired) electrons. The molecule has 5 heteroatoms. The van der Waals surface area contributed by atoms with E-state index in [1.165, 1.54) is 25.9 Å². The van der Waals surface area contributed by atoms with Crippen LogP contribution in [-0.2, 0) is 0 Å². The van der Waals surface area contributed by atoms with Crippen LogP contribution in [0.15, 0.2) is 17.5 Å². The molecule has 2 aromatic heterocycles. The zero-order chi connectivity index (χ0) is 15.3. The molecule has 1 amide bonds. The van der Waals surface area contributed by atoms with Crippen molar-refractivity contribution in [3.8, 4) is 0 Å². The smallest absolute Gasteiger partial charge is 0.270 e. The number of nitrogens with one attached hydrogen (secondary N) is 1. The Morgan fingerprint density at radius 2 is 2.18 bits per heavy atom. The lowest BCUT2D eigenvalue weighted by Crippen LogP contribution is -2.62. The average molecular weight is 315 g/mol. The highest BCUT2D eigenvalue weighted by atomic mass is 32.1. The van der Waals surface area contributed by atoms with Gasteiger partial charge in [-0.3, -0.25) is 9.69 Å². The van der Waals surface area contributed by atoms with Gasteiger partial charge in [-0.05, 0) is 63.2 Å². The van der Waals surface area contributed by atoms with Crippen molar-refractivity contribution < 1.29 is 4.79 Å². The minimum Gasteiger partial charge on any atom is -0.346 e. The summed E-state index contributed by atoms with van der Waals surface area (Å²) >= 11 is 1.66. The Labute approximate surface area is 134 Å². The molecule has 3 aliphatic rings. The van der Waals surface area contributed by atoms with Gasteiger partial charge in [-0.1, -0.05) is 0 Å². The van der Waals surface area contributed by atoms with Gasteiger partial charge in [0.1, 0.15) is 5.69 Å². The Bertz CT molecular complexity index is 716. The van der Waals surface area contributed by atoms with Gasteiger partial charge in [0.2, 0.25) is 0 Å². The summed E-state index contributed by atoms with van der Waals surface area (Å²) in [7, 11) is 0. The maximum atomic E-state index is 12.7. The molecule has 22 heavy (non-hydrogen) atoms. The molecule has 0 aromatic carbocycles. The molecular formula is C17H21N3OS. The van der Waals surface area contributed by atoms with Crippen molar-refractivity contribution >= 4 is 27.3 Å². The van der Waals surface area contributed by atoms with E-state index in [-0.39, 0.29) is 11.9 Å². The van der Waals surface area contributed by atoms with E-state index in [1.54, 1.807) is 11.3 Å². The van der Waals surface area contributed by atoms with E-state index in [0.717, 1.165) is 15.8 Å². The number of rotatable bonds is 2. The van der Waals surface area contributed by atoms with Crippen LogP contribution in [0.25, 0.3) is 10.1 Å². The molecule has 3 saturated heterocycles. The summed E-state index contributed by atoms with van der Waals surface area (Å²) in [5, 5.41) is 6.46. The third-order valence-corrected chi connectivity index (χ3v) is 6.21. The standard InChI is InChI=1S/C17H21N3OS/c1-10-13-5-8-22-15(13)9-14(18-10)17(21)19-16-11(2)20-6-3-12(16)4-7-20/h5,8-9,11-12,16H,3-4,6-7H2,1-2H3,(H,19,21). The van der Waals surface area contributed by atoms with Crippen molar-refractivity contribution in [3.05, 3.63) is 28.9 Å². The van der Waals surface area contributed by atoms with Gasteiger partial charge in [-0.25, -0.2) is 4.98 Å². The fourth-order valence-corrected chi connectivity index (χ4v) is 4.89. The molecule has 3 fully saturated rings. The number of carbonyl (C=O) groups is 1. The summed E-state index contributed by atoms with van der Waals surface area (Å²) < 4.78 is 1.14. The van der Waals surface area contributed by atoms with Crippen LogP contribution in [0.5, 0.6) is 0 Å². The lowest BCUT2D eigenvalue weighted by atomic mass is 9.79. The monoisotopic (exact) mass is 315 g/mol.